The molecule has 7 nitrogen and oxygen atoms in total. The molecule has 0 aliphatic rings. The molecule has 0 radical (unpaired) electrons. The van der Waals surface area contributed by atoms with Crippen molar-refractivity contribution in [2.24, 2.45) is 0 Å². The van der Waals surface area contributed by atoms with Gasteiger partial charge in [-0.15, -0.1) is 0 Å². The van der Waals surface area contributed by atoms with Crippen molar-refractivity contribution < 1.29 is 19.8 Å². The van der Waals surface area contributed by atoms with Gasteiger partial charge in [0.2, 0.25) is 5.91 Å². The number of anilines is 1. The average Bonchev–Trinajstić information content (AvgIpc) is 2.52. The van der Waals surface area contributed by atoms with Gasteiger partial charge in [0.05, 0.1) is 0 Å². The second-order valence-electron chi connectivity index (χ2n) is 4.97. The van der Waals surface area contributed by atoms with E-state index in [9.17, 15) is 14.7 Å². The predicted molar refractivity (Wildman–Crippen MR) is 84.2 cm³/mol. The van der Waals surface area contributed by atoms with Crippen molar-refractivity contribution in [2.75, 3.05) is 5.32 Å². The molecule has 2 rings (SSSR count). The van der Waals surface area contributed by atoms with E-state index in [2.05, 4.69) is 15.6 Å². The van der Waals surface area contributed by atoms with E-state index >= 15 is 0 Å². The van der Waals surface area contributed by atoms with Crippen LogP contribution >= 0.6 is 0 Å². The number of rotatable bonds is 6. The summed E-state index contributed by atoms with van der Waals surface area (Å²) >= 11 is 0. The lowest BCUT2D eigenvalue weighted by Gasteiger charge is -2.08. The highest BCUT2D eigenvalue weighted by Gasteiger charge is 2.10. The van der Waals surface area contributed by atoms with Gasteiger partial charge in [-0.1, -0.05) is 12.1 Å². The van der Waals surface area contributed by atoms with Crippen molar-refractivity contribution in [1.29, 1.82) is 0 Å². The van der Waals surface area contributed by atoms with Crippen molar-refractivity contribution in [3.05, 3.63) is 53.2 Å². The standard InChI is InChI=1S/C16H17N3O4/c1-10(20)17-8-12-3-5-15(19-9-12)18-7-11-2-4-14(21)13(6-11)16(22)23/h2-6,9,21H,7-8H2,1H3,(H,17,20)(H,18,19)(H,22,23). The molecule has 120 valence electrons. The summed E-state index contributed by atoms with van der Waals surface area (Å²) in [6.45, 7) is 2.24. The number of nitrogens with one attached hydrogen (secondary N) is 2. The quantitative estimate of drug-likeness (QED) is 0.646. The third-order valence-electron chi connectivity index (χ3n) is 3.13. The summed E-state index contributed by atoms with van der Waals surface area (Å²) in [5.74, 6) is -0.915. The average molecular weight is 315 g/mol. The first-order valence-electron chi connectivity index (χ1n) is 6.94. The van der Waals surface area contributed by atoms with Gasteiger partial charge in [-0.05, 0) is 29.3 Å². The molecule has 0 bridgehead atoms. The third kappa shape index (κ3) is 4.70. The summed E-state index contributed by atoms with van der Waals surface area (Å²) < 4.78 is 0. The zero-order valence-electron chi connectivity index (χ0n) is 12.5. The number of carbonyl (C=O) groups is 2. The fourth-order valence-corrected chi connectivity index (χ4v) is 1.92. The van der Waals surface area contributed by atoms with Crippen LogP contribution in [-0.2, 0) is 17.9 Å². The molecule has 4 N–H and O–H groups in total. The van der Waals surface area contributed by atoms with Gasteiger partial charge in [-0.25, -0.2) is 9.78 Å². The minimum Gasteiger partial charge on any atom is -0.507 e. The highest BCUT2D eigenvalue weighted by atomic mass is 16.4. The zero-order valence-corrected chi connectivity index (χ0v) is 12.5. The van der Waals surface area contributed by atoms with E-state index in [1.807, 2.05) is 6.07 Å². The maximum Gasteiger partial charge on any atom is 0.339 e. The van der Waals surface area contributed by atoms with Crippen molar-refractivity contribution in [1.82, 2.24) is 10.3 Å². The lowest BCUT2D eigenvalue weighted by atomic mass is 10.1. The first kappa shape index (κ1) is 16.3. The molecule has 0 fully saturated rings. The number of hydrogen-bond donors (Lipinski definition) is 4. The Morgan fingerprint density at radius 1 is 1.13 bits per heavy atom. The Morgan fingerprint density at radius 3 is 2.48 bits per heavy atom. The molecule has 0 saturated heterocycles. The van der Waals surface area contributed by atoms with E-state index in [4.69, 9.17) is 5.11 Å². The summed E-state index contributed by atoms with van der Waals surface area (Å²) in [6.07, 6.45) is 1.65. The molecule has 0 atom stereocenters. The molecular formula is C16H17N3O4. The van der Waals surface area contributed by atoms with E-state index in [0.29, 0.717) is 24.5 Å². The summed E-state index contributed by atoms with van der Waals surface area (Å²) in [6, 6.07) is 8.01. The topological polar surface area (TPSA) is 112 Å². The fourth-order valence-electron chi connectivity index (χ4n) is 1.92. The van der Waals surface area contributed by atoms with Gasteiger partial charge in [-0.3, -0.25) is 4.79 Å². The van der Waals surface area contributed by atoms with Gasteiger partial charge in [0.15, 0.2) is 0 Å². The summed E-state index contributed by atoms with van der Waals surface area (Å²) in [7, 11) is 0. The van der Waals surface area contributed by atoms with Gasteiger partial charge in [0.1, 0.15) is 17.1 Å². The Bertz CT molecular complexity index is 714. The summed E-state index contributed by atoms with van der Waals surface area (Å²) in [5.41, 5.74) is 1.45. The van der Waals surface area contributed by atoms with Crippen LogP contribution in [-0.4, -0.2) is 27.1 Å². The van der Waals surface area contributed by atoms with Crippen LogP contribution in [0, 0.1) is 0 Å². The molecule has 0 saturated carbocycles. The highest BCUT2D eigenvalue weighted by molar-refractivity contribution is 5.90. The number of benzene rings is 1. The number of pyridine rings is 1. The second-order valence-corrected chi connectivity index (χ2v) is 4.97. The van der Waals surface area contributed by atoms with Crippen molar-refractivity contribution in [2.45, 2.75) is 20.0 Å². The third-order valence-corrected chi connectivity index (χ3v) is 3.13. The number of carbonyl (C=O) groups excluding carboxylic acids is 1. The highest BCUT2D eigenvalue weighted by Crippen LogP contribution is 2.19. The Balaban J connectivity index is 1.97. The fraction of sp³-hybridized carbons (Fsp3) is 0.188. The molecule has 2 aromatic rings. The number of hydrogen-bond acceptors (Lipinski definition) is 5. The van der Waals surface area contributed by atoms with Gasteiger partial charge in [0.25, 0.3) is 0 Å². The van der Waals surface area contributed by atoms with Crippen molar-refractivity contribution in [3.63, 3.8) is 0 Å². The monoisotopic (exact) mass is 315 g/mol. The SMILES string of the molecule is CC(=O)NCc1ccc(NCc2ccc(O)c(C(=O)O)c2)nc1. The lowest BCUT2D eigenvalue weighted by Crippen LogP contribution is -2.18. The number of carboxylic acid groups (broad SMARTS) is 1. The number of nitrogens with zero attached hydrogens (tertiary/aromatic N) is 1. The number of aromatic carboxylic acids is 1. The molecule has 0 aliphatic carbocycles. The van der Waals surface area contributed by atoms with Gasteiger partial charge >= 0.3 is 5.97 Å². The first-order valence-corrected chi connectivity index (χ1v) is 6.94. The van der Waals surface area contributed by atoms with Crippen molar-refractivity contribution >= 4 is 17.7 Å². The molecule has 0 spiro atoms. The van der Waals surface area contributed by atoms with E-state index in [1.165, 1.54) is 19.1 Å². The van der Waals surface area contributed by atoms with E-state index in [-0.39, 0.29) is 17.2 Å². The molecule has 23 heavy (non-hydrogen) atoms. The molecule has 0 aliphatic heterocycles. The van der Waals surface area contributed by atoms with Crippen LogP contribution < -0.4 is 10.6 Å². The molecule has 7 heteroatoms. The summed E-state index contributed by atoms with van der Waals surface area (Å²) in [4.78, 5) is 26.0. The van der Waals surface area contributed by atoms with Gasteiger partial charge < -0.3 is 20.8 Å². The van der Waals surface area contributed by atoms with E-state index in [1.54, 1.807) is 18.3 Å². The number of aromatic hydroxyl groups is 1. The molecule has 1 heterocycles. The Morgan fingerprint density at radius 2 is 1.87 bits per heavy atom. The van der Waals surface area contributed by atoms with Crippen molar-refractivity contribution in [3.8, 4) is 5.75 Å². The van der Waals surface area contributed by atoms with Crippen LogP contribution in [0.5, 0.6) is 5.75 Å². The molecule has 1 amide bonds. The van der Waals surface area contributed by atoms with E-state index < -0.39 is 5.97 Å². The van der Waals surface area contributed by atoms with Gasteiger partial charge in [0, 0.05) is 26.2 Å². The number of carboxylic acids is 1. The zero-order chi connectivity index (χ0) is 16.8. The summed E-state index contributed by atoms with van der Waals surface area (Å²) in [5, 5.41) is 24.2. The normalized spacial score (nSPS) is 10.1. The van der Waals surface area contributed by atoms with Gasteiger partial charge in [-0.2, -0.15) is 0 Å². The van der Waals surface area contributed by atoms with Crippen LogP contribution in [0.3, 0.4) is 0 Å². The first-order chi connectivity index (χ1) is 11.0. The largest absolute Gasteiger partial charge is 0.507 e. The number of phenols is 1. The molecule has 0 unspecified atom stereocenters. The number of aromatic nitrogens is 1. The smallest absolute Gasteiger partial charge is 0.339 e. The Kier molecular flexibility index (Phi) is 5.14. The second kappa shape index (κ2) is 7.26. The molecular weight excluding hydrogens is 298 g/mol. The van der Waals surface area contributed by atoms with Crippen LogP contribution in [0.15, 0.2) is 36.5 Å². The minimum atomic E-state index is -1.18. The van der Waals surface area contributed by atoms with Crippen LogP contribution in [0.2, 0.25) is 0 Å². The minimum absolute atomic E-state index is 0.103. The Labute approximate surface area is 133 Å². The number of amides is 1. The van der Waals surface area contributed by atoms with Crippen LogP contribution in [0.4, 0.5) is 5.82 Å². The van der Waals surface area contributed by atoms with Crippen LogP contribution in [0.25, 0.3) is 0 Å². The molecule has 1 aromatic carbocycles. The lowest BCUT2D eigenvalue weighted by molar-refractivity contribution is -0.119. The van der Waals surface area contributed by atoms with E-state index in [0.717, 1.165) is 5.56 Å². The maximum absolute atomic E-state index is 11.0. The predicted octanol–water partition coefficient (Wildman–Crippen LogP) is 1.73. The molecule has 1 aromatic heterocycles. The maximum atomic E-state index is 11.0. The van der Waals surface area contributed by atoms with Crippen LogP contribution in [0.1, 0.15) is 28.4 Å². The Hall–Kier alpha value is -3.09.